The molecule has 0 N–H and O–H groups in total. The molecule has 0 fully saturated rings. The average molecular weight is 334 g/mol. The highest BCUT2D eigenvalue weighted by Crippen LogP contribution is 2.22. The molecule has 0 amide bonds. The summed E-state index contributed by atoms with van der Waals surface area (Å²) in [5, 5.41) is 0. The fraction of sp³-hybridized carbons (Fsp3) is 0.333. The Bertz CT molecular complexity index is 586. The van der Waals surface area contributed by atoms with Gasteiger partial charge in [0.15, 0.2) is 0 Å². The summed E-state index contributed by atoms with van der Waals surface area (Å²) < 4.78 is 29.2. The predicted octanol–water partition coefficient (Wildman–Crippen LogP) is 4.30. The molecule has 0 aliphatic rings. The first-order chi connectivity index (χ1) is 11.1. The van der Waals surface area contributed by atoms with E-state index in [0.29, 0.717) is 0 Å². The summed E-state index contributed by atoms with van der Waals surface area (Å²) in [6, 6.07) is 15.7. The Kier molecular flexibility index (Phi) is 6.47. The lowest BCUT2D eigenvalue weighted by atomic mass is 10.0. The lowest BCUT2D eigenvalue weighted by Gasteiger charge is -2.24. The molecule has 2 rings (SSSR count). The highest BCUT2D eigenvalue weighted by Gasteiger charge is 2.36. The van der Waals surface area contributed by atoms with E-state index in [1.54, 1.807) is 33.5 Å². The van der Waals surface area contributed by atoms with E-state index in [1.807, 2.05) is 0 Å². The van der Waals surface area contributed by atoms with Crippen molar-refractivity contribution in [3.8, 4) is 11.1 Å². The maximum absolute atomic E-state index is 13.0. The quantitative estimate of drug-likeness (QED) is 0.674. The van der Waals surface area contributed by atoms with E-state index in [0.717, 1.165) is 30.0 Å². The molecule has 3 nitrogen and oxygen atoms in total. The van der Waals surface area contributed by atoms with Gasteiger partial charge in [-0.2, -0.15) is 0 Å². The van der Waals surface area contributed by atoms with Crippen molar-refractivity contribution < 1.29 is 17.7 Å². The summed E-state index contributed by atoms with van der Waals surface area (Å²) >= 11 is 0. The molecule has 0 aliphatic carbocycles. The van der Waals surface area contributed by atoms with Crippen molar-refractivity contribution in [1.29, 1.82) is 0 Å². The van der Waals surface area contributed by atoms with Gasteiger partial charge in [0.1, 0.15) is 5.82 Å². The number of rotatable bonds is 8. The maximum Gasteiger partial charge on any atom is 0.500 e. The van der Waals surface area contributed by atoms with Crippen LogP contribution in [0.3, 0.4) is 0 Å². The molecule has 0 bridgehead atoms. The average Bonchev–Trinajstić information content (AvgIpc) is 2.61. The molecule has 0 aliphatic heterocycles. The van der Waals surface area contributed by atoms with Gasteiger partial charge in [0.2, 0.25) is 0 Å². The van der Waals surface area contributed by atoms with Gasteiger partial charge >= 0.3 is 8.80 Å². The van der Waals surface area contributed by atoms with Crippen molar-refractivity contribution in [3.05, 3.63) is 59.9 Å². The fourth-order valence-electron chi connectivity index (χ4n) is 2.57. The van der Waals surface area contributed by atoms with Crippen molar-refractivity contribution in [2.45, 2.75) is 18.9 Å². The molecule has 124 valence electrons. The summed E-state index contributed by atoms with van der Waals surface area (Å²) in [6.45, 7) is 0. The lowest BCUT2D eigenvalue weighted by Crippen LogP contribution is -2.42. The first-order valence-electron chi connectivity index (χ1n) is 7.63. The topological polar surface area (TPSA) is 27.7 Å². The Morgan fingerprint density at radius 2 is 1.26 bits per heavy atom. The molecule has 0 aromatic heterocycles. The molecule has 0 saturated heterocycles. The van der Waals surface area contributed by atoms with Crippen LogP contribution in [0, 0.1) is 5.82 Å². The first kappa shape index (κ1) is 17.8. The van der Waals surface area contributed by atoms with Crippen molar-refractivity contribution in [3.63, 3.8) is 0 Å². The number of hydrogen-bond acceptors (Lipinski definition) is 3. The molecular formula is C18H23FO3Si. The molecule has 5 heteroatoms. The molecular weight excluding hydrogens is 311 g/mol. The summed E-state index contributed by atoms with van der Waals surface area (Å²) in [5.41, 5.74) is 3.35. The second kappa shape index (κ2) is 8.36. The van der Waals surface area contributed by atoms with E-state index in [1.165, 1.54) is 17.7 Å². The monoisotopic (exact) mass is 334 g/mol. The normalized spacial score (nSPS) is 11.7. The number of hydrogen-bond donors (Lipinski definition) is 0. The Morgan fingerprint density at radius 1 is 0.783 bits per heavy atom. The Balaban J connectivity index is 1.94. The SMILES string of the molecule is CO[Si](CCCc1ccc(-c2ccc(F)cc2)cc1)(OC)OC. The smallest absolute Gasteiger partial charge is 0.377 e. The second-order valence-corrected chi connectivity index (χ2v) is 8.44. The van der Waals surface area contributed by atoms with E-state index >= 15 is 0 Å². The molecule has 0 saturated carbocycles. The third-order valence-electron chi connectivity index (χ3n) is 4.01. The van der Waals surface area contributed by atoms with Gasteiger partial charge in [-0.1, -0.05) is 36.4 Å². The van der Waals surface area contributed by atoms with E-state index in [-0.39, 0.29) is 5.82 Å². The van der Waals surface area contributed by atoms with Crippen LogP contribution < -0.4 is 0 Å². The van der Waals surface area contributed by atoms with Gasteiger partial charge in [0.25, 0.3) is 0 Å². The van der Waals surface area contributed by atoms with Gasteiger partial charge in [-0.3, -0.25) is 0 Å². The third-order valence-corrected chi connectivity index (χ3v) is 6.84. The van der Waals surface area contributed by atoms with Crippen LogP contribution >= 0.6 is 0 Å². The van der Waals surface area contributed by atoms with Gasteiger partial charge in [0, 0.05) is 27.4 Å². The molecule has 23 heavy (non-hydrogen) atoms. The fourth-order valence-corrected chi connectivity index (χ4v) is 4.29. The zero-order valence-electron chi connectivity index (χ0n) is 13.8. The highest BCUT2D eigenvalue weighted by atomic mass is 28.4. The third kappa shape index (κ3) is 4.72. The van der Waals surface area contributed by atoms with Gasteiger partial charge in [-0.25, -0.2) is 4.39 Å². The molecule has 0 spiro atoms. The molecule has 2 aromatic carbocycles. The summed E-state index contributed by atoms with van der Waals surface area (Å²) in [6.07, 6.45) is 1.88. The van der Waals surface area contributed by atoms with Crippen molar-refractivity contribution >= 4 is 8.80 Å². The van der Waals surface area contributed by atoms with Gasteiger partial charge in [-0.05, 0) is 41.7 Å². The van der Waals surface area contributed by atoms with E-state index in [9.17, 15) is 4.39 Å². The van der Waals surface area contributed by atoms with Crippen molar-refractivity contribution in [2.24, 2.45) is 0 Å². The van der Waals surface area contributed by atoms with Crippen LogP contribution in [0.25, 0.3) is 11.1 Å². The van der Waals surface area contributed by atoms with Crippen LogP contribution in [0.4, 0.5) is 4.39 Å². The standard InChI is InChI=1S/C18H23FO3Si/c1-20-23(21-2,22-3)14-4-5-15-6-8-16(9-7-15)17-10-12-18(19)13-11-17/h6-13H,4-5,14H2,1-3H3. The molecule has 0 radical (unpaired) electrons. The van der Waals surface area contributed by atoms with E-state index in [4.69, 9.17) is 13.3 Å². The summed E-state index contributed by atoms with van der Waals surface area (Å²) in [7, 11) is 2.43. The molecule has 0 heterocycles. The van der Waals surface area contributed by atoms with Crippen LogP contribution in [0.1, 0.15) is 12.0 Å². The Labute approximate surface area is 138 Å². The number of halogens is 1. The molecule has 2 aromatic rings. The summed E-state index contributed by atoms with van der Waals surface area (Å²) in [4.78, 5) is 0. The minimum absolute atomic E-state index is 0.215. The van der Waals surface area contributed by atoms with Crippen molar-refractivity contribution in [2.75, 3.05) is 21.3 Å². The number of aryl methyl sites for hydroxylation is 1. The van der Waals surface area contributed by atoms with E-state index in [2.05, 4.69) is 24.3 Å². The zero-order valence-corrected chi connectivity index (χ0v) is 14.8. The minimum atomic E-state index is -2.48. The summed E-state index contributed by atoms with van der Waals surface area (Å²) in [5.74, 6) is -0.215. The van der Waals surface area contributed by atoms with Crippen LogP contribution in [0.15, 0.2) is 48.5 Å². The lowest BCUT2D eigenvalue weighted by molar-refractivity contribution is 0.123. The second-order valence-electron chi connectivity index (χ2n) is 5.35. The largest absolute Gasteiger partial charge is 0.500 e. The highest BCUT2D eigenvalue weighted by molar-refractivity contribution is 6.60. The van der Waals surface area contributed by atoms with Crippen molar-refractivity contribution in [1.82, 2.24) is 0 Å². The molecule has 0 unspecified atom stereocenters. The Morgan fingerprint density at radius 3 is 1.74 bits per heavy atom. The Hall–Kier alpha value is -1.53. The zero-order chi connectivity index (χ0) is 16.7. The van der Waals surface area contributed by atoms with Crippen LogP contribution in [-0.2, 0) is 19.7 Å². The number of benzene rings is 2. The van der Waals surface area contributed by atoms with E-state index < -0.39 is 8.80 Å². The van der Waals surface area contributed by atoms with Gasteiger partial charge in [0.05, 0.1) is 0 Å². The maximum atomic E-state index is 13.0. The predicted molar refractivity (Wildman–Crippen MR) is 91.7 cm³/mol. The first-order valence-corrected chi connectivity index (χ1v) is 9.56. The van der Waals surface area contributed by atoms with Crippen LogP contribution in [0.5, 0.6) is 0 Å². The van der Waals surface area contributed by atoms with Crippen LogP contribution in [-0.4, -0.2) is 30.1 Å². The molecule has 0 atom stereocenters. The van der Waals surface area contributed by atoms with Gasteiger partial charge in [-0.15, -0.1) is 0 Å². The minimum Gasteiger partial charge on any atom is -0.377 e. The van der Waals surface area contributed by atoms with Gasteiger partial charge < -0.3 is 13.3 Å². The van der Waals surface area contributed by atoms with Crippen LogP contribution in [0.2, 0.25) is 6.04 Å².